The van der Waals surface area contributed by atoms with E-state index in [1.807, 2.05) is 35.2 Å². The number of aliphatic hydroxyl groups is 1. The highest BCUT2D eigenvalue weighted by molar-refractivity contribution is 5.99. The van der Waals surface area contributed by atoms with Gasteiger partial charge >= 0.3 is 0 Å². The molecular formula is C17H21NO3. The molecule has 0 radical (unpaired) electrons. The van der Waals surface area contributed by atoms with Gasteiger partial charge in [-0.15, -0.1) is 0 Å². The summed E-state index contributed by atoms with van der Waals surface area (Å²) in [5, 5.41) is 9.18. The van der Waals surface area contributed by atoms with Crippen LogP contribution in [-0.2, 0) is 4.79 Å². The lowest BCUT2D eigenvalue weighted by Crippen LogP contribution is -2.45. The van der Waals surface area contributed by atoms with Gasteiger partial charge in [-0.3, -0.25) is 4.79 Å². The van der Waals surface area contributed by atoms with Crippen molar-refractivity contribution in [3.8, 4) is 5.75 Å². The molecule has 0 aliphatic carbocycles. The molecule has 4 nitrogen and oxygen atoms in total. The summed E-state index contributed by atoms with van der Waals surface area (Å²) < 4.78 is 5.68. The molecule has 0 bridgehead atoms. The molecule has 1 aromatic rings. The number of aliphatic hydroxyl groups excluding tert-OH is 1. The van der Waals surface area contributed by atoms with Gasteiger partial charge in [0.05, 0.1) is 5.57 Å². The third-order valence-electron chi connectivity index (χ3n) is 4.26. The summed E-state index contributed by atoms with van der Waals surface area (Å²) >= 11 is 0. The fraction of sp³-hybridized carbons (Fsp3) is 0.471. The number of rotatable bonds is 3. The Morgan fingerprint density at radius 2 is 2.19 bits per heavy atom. The van der Waals surface area contributed by atoms with E-state index in [0.29, 0.717) is 18.6 Å². The third-order valence-corrected chi connectivity index (χ3v) is 4.26. The van der Waals surface area contributed by atoms with Crippen LogP contribution in [-0.4, -0.2) is 41.7 Å². The summed E-state index contributed by atoms with van der Waals surface area (Å²) in [4.78, 5) is 14.7. The Morgan fingerprint density at radius 1 is 1.33 bits per heavy atom. The number of piperidine rings is 1. The van der Waals surface area contributed by atoms with Crippen LogP contribution in [0, 0.1) is 0 Å². The zero-order chi connectivity index (χ0) is 14.7. The Kier molecular flexibility index (Phi) is 4.25. The first kappa shape index (κ1) is 14.1. The standard InChI is InChI=1S/C17H21NO3/c19-10-8-15-6-3-4-9-18(15)17(20)14-11-13-5-1-2-7-16(13)21-12-14/h1-2,5,7,11,15,19H,3-4,6,8-10,12H2. The van der Waals surface area contributed by atoms with Crippen LogP contribution in [0.2, 0.25) is 0 Å². The average Bonchev–Trinajstić information content (AvgIpc) is 2.54. The Morgan fingerprint density at radius 3 is 3.05 bits per heavy atom. The Bertz CT molecular complexity index is 551. The predicted molar refractivity (Wildman–Crippen MR) is 81.0 cm³/mol. The van der Waals surface area contributed by atoms with Crippen molar-refractivity contribution in [3.05, 3.63) is 35.4 Å². The minimum absolute atomic E-state index is 0.0580. The van der Waals surface area contributed by atoms with Crippen molar-refractivity contribution < 1.29 is 14.6 Å². The first-order valence-electron chi connectivity index (χ1n) is 7.64. The molecule has 112 valence electrons. The summed E-state index contributed by atoms with van der Waals surface area (Å²) in [6.45, 7) is 1.24. The van der Waals surface area contributed by atoms with Gasteiger partial charge in [0, 0.05) is 24.8 Å². The topological polar surface area (TPSA) is 49.8 Å². The number of likely N-dealkylation sites (tertiary alicyclic amines) is 1. The van der Waals surface area contributed by atoms with Crippen molar-refractivity contribution in [2.45, 2.75) is 31.7 Å². The maximum absolute atomic E-state index is 12.7. The van der Waals surface area contributed by atoms with Gasteiger partial charge < -0.3 is 14.7 Å². The second-order valence-corrected chi connectivity index (χ2v) is 5.66. The van der Waals surface area contributed by atoms with Crippen molar-refractivity contribution in [1.29, 1.82) is 0 Å². The van der Waals surface area contributed by atoms with Gasteiger partial charge in [-0.05, 0) is 37.8 Å². The zero-order valence-electron chi connectivity index (χ0n) is 12.1. The highest BCUT2D eigenvalue weighted by Crippen LogP contribution is 2.28. The lowest BCUT2D eigenvalue weighted by molar-refractivity contribution is -0.131. The third kappa shape index (κ3) is 2.95. The Hall–Kier alpha value is -1.81. The zero-order valence-corrected chi connectivity index (χ0v) is 12.1. The molecule has 1 aromatic carbocycles. The maximum atomic E-state index is 12.7. The largest absolute Gasteiger partial charge is 0.488 e. The van der Waals surface area contributed by atoms with Gasteiger partial charge in [0.25, 0.3) is 5.91 Å². The van der Waals surface area contributed by atoms with Crippen molar-refractivity contribution >= 4 is 12.0 Å². The molecule has 0 aromatic heterocycles. The van der Waals surface area contributed by atoms with Gasteiger partial charge in [0.2, 0.25) is 0 Å². The van der Waals surface area contributed by atoms with Gasteiger partial charge in [-0.25, -0.2) is 0 Å². The number of para-hydroxylation sites is 1. The van der Waals surface area contributed by atoms with E-state index in [2.05, 4.69) is 0 Å². The molecular weight excluding hydrogens is 266 g/mol. The van der Waals surface area contributed by atoms with E-state index in [9.17, 15) is 9.90 Å². The van der Waals surface area contributed by atoms with E-state index in [-0.39, 0.29) is 18.6 Å². The molecule has 4 heteroatoms. The number of nitrogens with zero attached hydrogens (tertiary/aromatic N) is 1. The van der Waals surface area contributed by atoms with Crippen LogP contribution >= 0.6 is 0 Å². The van der Waals surface area contributed by atoms with Crippen molar-refractivity contribution in [3.63, 3.8) is 0 Å². The van der Waals surface area contributed by atoms with Gasteiger partial charge in [0.1, 0.15) is 12.4 Å². The first-order chi connectivity index (χ1) is 10.3. The summed E-state index contributed by atoms with van der Waals surface area (Å²) in [5.74, 6) is 0.891. The molecule has 21 heavy (non-hydrogen) atoms. The van der Waals surface area contributed by atoms with E-state index >= 15 is 0 Å². The molecule has 1 atom stereocenters. The normalized spacial score (nSPS) is 21.3. The maximum Gasteiger partial charge on any atom is 0.253 e. The number of ether oxygens (including phenoxy) is 1. The molecule has 1 unspecified atom stereocenters. The van der Waals surface area contributed by atoms with Crippen LogP contribution in [0.1, 0.15) is 31.2 Å². The van der Waals surface area contributed by atoms with E-state index in [1.165, 1.54) is 0 Å². The monoisotopic (exact) mass is 287 g/mol. The molecule has 2 aliphatic heterocycles. The minimum atomic E-state index is 0.0580. The number of amides is 1. The lowest BCUT2D eigenvalue weighted by Gasteiger charge is -2.36. The summed E-state index contributed by atoms with van der Waals surface area (Å²) in [6, 6.07) is 7.92. The number of benzene rings is 1. The van der Waals surface area contributed by atoms with Gasteiger partial charge in [-0.2, -0.15) is 0 Å². The summed E-state index contributed by atoms with van der Waals surface area (Å²) in [6.07, 6.45) is 5.75. The van der Waals surface area contributed by atoms with Gasteiger partial charge in [-0.1, -0.05) is 18.2 Å². The second-order valence-electron chi connectivity index (χ2n) is 5.66. The van der Waals surface area contributed by atoms with Crippen LogP contribution in [0.25, 0.3) is 6.08 Å². The molecule has 0 spiro atoms. The van der Waals surface area contributed by atoms with Crippen LogP contribution in [0.4, 0.5) is 0 Å². The van der Waals surface area contributed by atoms with Crippen molar-refractivity contribution in [2.24, 2.45) is 0 Å². The molecule has 1 fully saturated rings. The smallest absolute Gasteiger partial charge is 0.253 e. The predicted octanol–water partition coefficient (Wildman–Crippen LogP) is 2.23. The first-order valence-corrected chi connectivity index (χ1v) is 7.64. The van der Waals surface area contributed by atoms with Crippen LogP contribution < -0.4 is 4.74 Å². The molecule has 1 amide bonds. The second kappa shape index (κ2) is 6.31. The van der Waals surface area contributed by atoms with Gasteiger partial charge in [0.15, 0.2) is 0 Å². The highest BCUT2D eigenvalue weighted by Gasteiger charge is 2.29. The van der Waals surface area contributed by atoms with E-state index < -0.39 is 0 Å². The van der Waals surface area contributed by atoms with Crippen molar-refractivity contribution in [2.75, 3.05) is 19.8 Å². The molecule has 3 rings (SSSR count). The minimum Gasteiger partial charge on any atom is -0.488 e. The van der Waals surface area contributed by atoms with Crippen LogP contribution in [0.15, 0.2) is 29.8 Å². The van der Waals surface area contributed by atoms with Crippen LogP contribution in [0.5, 0.6) is 5.75 Å². The molecule has 0 saturated carbocycles. The van der Waals surface area contributed by atoms with Crippen LogP contribution in [0.3, 0.4) is 0 Å². The summed E-state index contributed by atoms with van der Waals surface area (Å²) in [7, 11) is 0. The van der Waals surface area contributed by atoms with E-state index in [0.717, 1.165) is 37.1 Å². The number of carbonyl (C=O) groups excluding carboxylic acids is 1. The average molecular weight is 287 g/mol. The number of fused-ring (bicyclic) bond motifs is 1. The fourth-order valence-electron chi connectivity index (χ4n) is 3.14. The quantitative estimate of drug-likeness (QED) is 0.927. The fourth-order valence-corrected chi connectivity index (χ4v) is 3.14. The van der Waals surface area contributed by atoms with E-state index in [4.69, 9.17) is 4.74 Å². The highest BCUT2D eigenvalue weighted by atomic mass is 16.5. The molecule has 2 aliphatic rings. The molecule has 1 saturated heterocycles. The van der Waals surface area contributed by atoms with E-state index in [1.54, 1.807) is 0 Å². The number of carbonyl (C=O) groups is 1. The Balaban J connectivity index is 1.80. The molecule has 1 N–H and O–H groups in total. The number of hydrogen-bond donors (Lipinski definition) is 1. The SMILES string of the molecule is O=C(C1=Cc2ccccc2OC1)N1CCCCC1CCO. The lowest BCUT2D eigenvalue weighted by atomic mass is 9.97. The molecule has 2 heterocycles. The summed E-state index contributed by atoms with van der Waals surface area (Å²) in [5.41, 5.74) is 1.67. The number of hydrogen-bond acceptors (Lipinski definition) is 3. The Labute approximate surface area is 125 Å². The van der Waals surface area contributed by atoms with Crippen molar-refractivity contribution in [1.82, 2.24) is 4.90 Å².